The molecule has 4 N–H and O–H groups in total. The minimum absolute atomic E-state index is 0.0416. The number of aliphatic carboxylic acids is 1. The van der Waals surface area contributed by atoms with Crippen molar-refractivity contribution in [3.05, 3.63) is 89.7 Å². The Morgan fingerprint density at radius 1 is 1.00 bits per heavy atom. The Balaban J connectivity index is 1.63. The summed E-state index contributed by atoms with van der Waals surface area (Å²) in [7, 11) is 0. The van der Waals surface area contributed by atoms with Crippen LogP contribution in [0.25, 0.3) is 22.0 Å². The topological polar surface area (TPSA) is 101 Å². The van der Waals surface area contributed by atoms with E-state index in [-0.39, 0.29) is 24.0 Å². The van der Waals surface area contributed by atoms with Crippen LogP contribution in [0.1, 0.15) is 29.9 Å². The number of nitrogens with two attached hydrogens (primary N) is 1. The third-order valence-corrected chi connectivity index (χ3v) is 5.64. The molecular weight excluding hydrogens is 457 g/mol. The van der Waals surface area contributed by atoms with Crippen molar-refractivity contribution >= 4 is 22.6 Å². The maximum Gasteiger partial charge on any atom is 0.451 e. The van der Waals surface area contributed by atoms with Crippen LogP contribution in [0.5, 0.6) is 0 Å². The second-order valence-corrected chi connectivity index (χ2v) is 8.28. The Kier molecular flexibility index (Phi) is 6.70. The normalized spacial score (nSPS) is 13.4. The number of fused-ring (bicyclic) bond motifs is 1. The Labute approximate surface area is 199 Å². The van der Waals surface area contributed by atoms with E-state index in [4.69, 9.17) is 10.8 Å². The first kappa shape index (κ1) is 24.2. The number of halogens is 3. The van der Waals surface area contributed by atoms with E-state index in [1.54, 1.807) is 24.3 Å². The van der Waals surface area contributed by atoms with Gasteiger partial charge >= 0.3 is 12.1 Å². The fourth-order valence-electron chi connectivity index (χ4n) is 3.73. The van der Waals surface area contributed by atoms with Crippen LogP contribution >= 0.6 is 0 Å². The highest BCUT2D eigenvalue weighted by atomic mass is 19.4. The molecule has 3 aromatic carbocycles. The lowest BCUT2D eigenvalue weighted by molar-refractivity contribution is -0.144. The molecule has 1 heterocycles. The fourth-order valence-corrected chi connectivity index (χ4v) is 3.73. The van der Waals surface area contributed by atoms with Crippen molar-refractivity contribution in [1.82, 2.24) is 9.97 Å². The van der Waals surface area contributed by atoms with E-state index in [0.29, 0.717) is 11.1 Å². The average molecular weight is 480 g/mol. The molecule has 0 saturated carbocycles. The number of rotatable bonds is 7. The van der Waals surface area contributed by atoms with Gasteiger partial charge in [0.25, 0.3) is 0 Å². The summed E-state index contributed by atoms with van der Waals surface area (Å²) in [6.07, 6.45) is -4.63. The van der Waals surface area contributed by atoms with Gasteiger partial charge in [-0.3, -0.25) is 4.79 Å². The lowest BCUT2D eigenvalue weighted by atomic mass is 10.0. The van der Waals surface area contributed by atoms with E-state index >= 15 is 0 Å². The quantitative estimate of drug-likeness (QED) is 0.326. The smallest absolute Gasteiger partial charge is 0.451 e. The number of alkyl halides is 3. The van der Waals surface area contributed by atoms with Crippen LogP contribution in [0.4, 0.5) is 19.0 Å². The second kappa shape index (κ2) is 9.71. The SMILES string of the molecule is C[C@@H](Nc1cc(-c2ccc(CC(N)C(=O)O)cc2)nc(C(F)(F)F)n1)c1ccc2ccccc2c1. The van der Waals surface area contributed by atoms with Gasteiger partial charge in [0.2, 0.25) is 5.82 Å². The Morgan fingerprint density at radius 3 is 2.34 bits per heavy atom. The Hall–Kier alpha value is -3.98. The number of nitrogens with zero attached hydrogens (tertiary/aromatic N) is 2. The van der Waals surface area contributed by atoms with E-state index in [9.17, 15) is 18.0 Å². The molecule has 0 spiro atoms. The van der Waals surface area contributed by atoms with E-state index in [0.717, 1.165) is 16.3 Å². The minimum Gasteiger partial charge on any atom is -0.480 e. The number of carbonyl (C=O) groups is 1. The van der Waals surface area contributed by atoms with Crippen LogP contribution in [-0.4, -0.2) is 27.1 Å². The average Bonchev–Trinajstić information content (AvgIpc) is 2.83. The summed E-state index contributed by atoms with van der Waals surface area (Å²) in [6, 6.07) is 20.2. The van der Waals surface area contributed by atoms with Gasteiger partial charge in [-0.2, -0.15) is 13.2 Å². The molecule has 6 nitrogen and oxygen atoms in total. The molecule has 2 atom stereocenters. The van der Waals surface area contributed by atoms with Crippen LogP contribution < -0.4 is 11.1 Å². The van der Waals surface area contributed by atoms with E-state index in [2.05, 4.69) is 15.3 Å². The zero-order valence-electron chi connectivity index (χ0n) is 18.8. The molecule has 35 heavy (non-hydrogen) atoms. The third kappa shape index (κ3) is 5.75. The molecule has 9 heteroatoms. The molecule has 0 fully saturated rings. The van der Waals surface area contributed by atoms with Crippen LogP contribution in [0, 0.1) is 0 Å². The first-order valence-electron chi connectivity index (χ1n) is 10.9. The highest BCUT2D eigenvalue weighted by Gasteiger charge is 2.35. The van der Waals surface area contributed by atoms with Gasteiger partial charge in [0.15, 0.2) is 0 Å². The molecule has 0 aliphatic rings. The first-order valence-corrected chi connectivity index (χ1v) is 10.9. The van der Waals surface area contributed by atoms with Gasteiger partial charge in [-0.05, 0) is 41.3 Å². The summed E-state index contributed by atoms with van der Waals surface area (Å²) < 4.78 is 40.7. The van der Waals surface area contributed by atoms with Crippen LogP contribution in [-0.2, 0) is 17.4 Å². The number of nitrogens with one attached hydrogen (secondary N) is 1. The lowest BCUT2D eigenvalue weighted by Crippen LogP contribution is -2.32. The molecule has 1 aromatic heterocycles. The second-order valence-electron chi connectivity index (χ2n) is 8.28. The zero-order chi connectivity index (χ0) is 25.2. The monoisotopic (exact) mass is 480 g/mol. The van der Waals surface area contributed by atoms with Crippen molar-refractivity contribution in [2.75, 3.05) is 5.32 Å². The predicted molar refractivity (Wildman–Crippen MR) is 128 cm³/mol. The zero-order valence-corrected chi connectivity index (χ0v) is 18.8. The Bertz CT molecular complexity index is 1360. The van der Waals surface area contributed by atoms with Crippen molar-refractivity contribution in [1.29, 1.82) is 0 Å². The van der Waals surface area contributed by atoms with Crippen molar-refractivity contribution in [2.45, 2.75) is 31.6 Å². The van der Waals surface area contributed by atoms with Gasteiger partial charge in [-0.25, -0.2) is 9.97 Å². The van der Waals surface area contributed by atoms with Crippen molar-refractivity contribution in [2.24, 2.45) is 5.73 Å². The Morgan fingerprint density at radius 2 is 1.69 bits per heavy atom. The maximum atomic E-state index is 13.6. The van der Waals surface area contributed by atoms with Gasteiger partial charge in [0.05, 0.1) is 5.69 Å². The van der Waals surface area contributed by atoms with Crippen LogP contribution in [0.15, 0.2) is 72.8 Å². The number of hydrogen-bond donors (Lipinski definition) is 3. The third-order valence-electron chi connectivity index (χ3n) is 5.64. The van der Waals surface area contributed by atoms with Gasteiger partial charge < -0.3 is 16.2 Å². The van der Waals surface area contributed by atoms with Crippen molar-refractivity contribution in [3.8, 4) is 11.3 Å². The maximum absolute atomic E-state index is 13.6. The van der Waals surface area contributed by atoms with Crippen LogP contribution in [0.3, 0.4) is 0 Å². The number of hydrogen-bond acceptors (Lipinski definition) is 5. The minimum atomic E-state index is -4.73. The van der Waals surface area contributed by atoms with Crippen LogP contribution in [0.2, 0.25) is 0 Å². The number of aromatic nitrogens is 2. The van der Waals surface area contributed by atoms with Gasteiger partial charge in [0, 0.05) is 17.7 Å². The summed E-state index contributed by atoms with van der Waals surface area (Å²) >= 11 is 0. The summed E-state index contributed by atoms with van der Waals surface area (Å²) in [5.74, 6) is -2.34. The molecule has 0 radical (unpaired) electrons. The van der Waals surface area contributed by atoms with Gasteiger partial charge in [-0.15, -0.1) is 0 Å². The van der Waals surface area contributed by atoms with E-state index in [1.807, 2.05) is 49.4 Å². The molecule has 0 aliphatic carbocycles. The van der Waals surface area contributed by atoms with Gasteiger partial charge in [0.1, 0.15) is 11.9 Å². The number of carboxylic acids is 1. The molecule has 4 aromatic rings. The molecule has 0 aliphatic heterocycles. The summed E-state index contributed by atoms with van der Waals surface area (Å²) in [4.78, 5) is 18.4. The fraction of sp³-hybridized carbons (Fsp3) is 0.192. The highest BCUT2D eigenvalue weighted by Crippen LogP contribution is 2.31. The molecule has 1 unspecified atom stereocenters. The summed E-state index contributed by atoms with van der Waals surface area (Å²) in [6.45, 7) is 1.85. The van der Waals surface area contributed by atoms with Crippen molar-refractivity contribution < 1.29 is 23.1 Å². The van der Waals surface area contributed by atoms with E-state index in [1.165, 1.54) is 6.07 Å². The molecule has 0 bridgehead atoms. The standard InChI is InChI=1S/C26H23F3N4O2/c1-15(19-11-10-17-4-2-3-5-20(17)13-19)31-23-14-22(32-25(33-23)26(27,28)29)18-8-6-16(7-9-18)12-21(30)24(34)35/h2-11,13-15,21H,12,30H2,1H3,(H,34,35)(H,31,32,33)/t15-,21?/m1/s1. The van der Waals surface area contributed by atoms with Crippen molar-refractivity contribution in [3.63, 3.8) is 0 Å². The number of benzene rings is 3. The molecule has 0 saturated heterocycles. The van der Waals surface area contributed by atoms with Gasteiger partial charge in [-0.1, -0.05) is 60.7 Å². The summed E-state index contributed by atoms with van der Waals surface area (Å²) in [5.41, 5.74) is 7.64. The molecule has 0 amide bonds. The van der Waals surface area contributed by atoms with E-state index < -0.39 is 24.0 Å². The molecule has 180 valence electrons. The molecule has 4 rings (SSSR count). The summed E-state index contributed by atoms with van der Waals surface area (Å²) in [5, 5.41) is 14.1. The molecular formula is C26H23F3N4O2. The largest absolute Gasteiger partial charge is 0.480 e. The lowest BCUT2D eigenvalue weighted by Gasteiger charge is -2.18. The number of anilines is 1. The highest BCUT2D eigenvalue weighted by molar-refractivity contribution is 5.83. The first-order chi connectivity index (χ1) is 16.6. The number of carboxylic acid groups (broad SMARTS) is 1. The predicted octanol–water partition coefficient (Wildman–Crippen LogP) is 5.44.